The standard InChI is InChI=1S/C21H17ClN4S/c22-18-10-4-2-7-16(18)14-26-13-12-20(25-26)24-21(27)23-19-11-5-8-15-6-1-3-9-17(15)19/h1-13H,14H2,(H2,23,24,25,27). The minimum atomic E-state index is 0.495. The number of benzene rings is 3. The Morgan fingerprint density at radius 1 is 0.926 bits per heavy atom. The second-order valence-electron chi connectivity index (χ2n) is 6.10. The molecule has 1 heterocycles. The zero-order chi connectivity index (χ0) is 18.6. The Balaban J connectivity index is 1.44. The Morgan fingerprint density at radius 3 is 2.59 bits per heavy atom. The number of thiocarbonyl (C=S) groups is 1. The van der Waals surface area contributed by atoms with E-state index < -0.39 is 0 Å². The van der Waals surface area contributed by atoms with Crippen molar-refractivity contribution < 1.29 is 0 Å². The van der Waals surface area contributed by atoms with E-state index in [1.807, 2.05) is 65.5 Å². The van der Waals surface area contributed by atoms with E-state index in [1.165, 1.54) is 0 Å². The summed E-state index contributed by atoms with van der Waals surface area (Å²) >= 11 is 11.7. The predicted octanol–water partition coefficient (Wildman–Crippen LogP) is 5.55. The summed E-state index contributed by atoms with van der Waals surface area (Å²) in [7, 11) is 0. The smallest absolute Gasteiger partial charge is 0.176 e. The number of rotatable bonds is 4. The van der Waals surface area contributed by atoms with Gasteiger partial charge in [0.2, 0.25) is 0 Å². The molecule has 4 aromatic rings. The van der Waals surface area contributed by atoms with E-state index >= 15 is 0 Å². The molecule has 0 spiro atoms. The lowest BCUT2D eigenvalue weighted by Gasteiger charge is -2.11. The molecule has 0 radical (unpaired) electrons. The normalized spacial score (nSPS) is 10.7. The van der Waals surface area contributed by atoms with Gasteiger partial charge in [-0.2, -0.15) is 5.10 Å². The molecule has 0 saturated carbocycles. The fourth-order valence-corrected chi connectivity index (χ4v) is 3.33. The third kappa shape index (κ3) is 4.10. The first-order valence-corrected chi connectivity index (χ1v) is 9.30. The van der Waals surface area contributed by atoms with Crippen LogP contribution in [-0.4, -0.2) is 14.9 Å². The van der Waals surface area contributed by atoms with E-state index in [0.29, 0.717) is 17.5 Å². The van der Waals surface area contributed by atoms with Crippen LogP contribution in [0.1, 0.15) is 5.56 Å². The Morgan fingerprint density at radius 2 is 1.70 bits per heavy atom. The Bertz CT molecular complexity index is 1100. The van der Waals surface area contributed by atoms with Crippen LogP contribution in [0.25, 0.3) is 10.8 Å². The van der Waals surface area contributed by atoms with Crippen LogP contribution in [0.4, 0.5) is 11.5 Å². The van der Waals surface area contributed by atoms with Gasteiger partial charge in [0, 0.05) is 28.4 Å². The van der Waals surface area contributed by atoms with Gasteiger partial charge in [0.25, 0.3) is 0 Å². The molecule has 0 fully saturated rings. The first kappa shape index (κ1) is 17.5. The molecule has 134 valence electrons. The summed E-state index contributed by atoms with van der Waals surface area (Å²) in [6.07, 6.45) is 1.90. The lowest BCUT2D eigenvalue weighted by molar-refractivity contribution is 0.690. The number of aromatic nitrogens is 2. The lowest BCUT2D eigenvalue weighted by atomic mass is 10.1. The van der Waals surface area contributed by atoms with Gasteiger partial charge in [-0.3, -0.25) is 4.68 Å². The molecule has 0 atom stereocenters. The molecule has 0 saturated heterocycles. The molecular formula is C21H17ClN4S. The number of hydrogen-bond acceptors (Lipinski definition) is 2. The van der Waals surface area contributed by atoms with Crippen molar-refractivity contribution in [3.63, 3.8) is 0 Å². The summed E-state index contributed by atoms with van der Waals surface area (Å²) in [5, 5.41) is 14.4. The van der Waals surface area contributed by atoms with Crippen molar-refractivity contribution >= 4 is 51.2 Å². The number of nitrogens with zero attached hydrogens (tertiary/aromatic N) is 2. The van der Waals surface area contributed by atoms with Crippen molar-refractivity contribution in [3.8, 4) is 0 Å². The van der Waals surface area contributed by atoms with Crippen molar-refractivity contribution in [1.29, 1.82) is 0 Å². The van der Waals surface area contributed by atoms with Crippen molar-refractivity contribution in [2.75, 3.05) is 10.6 Å². The largest absolute Gasteiger partial charge is 0.332 e. The Hall–Kier alpha value is -2.89. The number of hydrogen-bond donors (Lipinski definition) is 2. The van der Waals surface area contributed by atoms with E-state index in [-0.39, 0.29) is 0 Å². The molecule has 0 aliphatic heterocycles. The maximum Gasteiger partial charge on any atom is 0.176 e. The van der Waals surface area contributed by atoms with Gasteiger partial charge in [0.15, 0.2) is 10.9 Å². The molecule has 0 bridgehead atoms. The number of nitrogens with one attached hydrogen (secondary N) is 2. The van der Waals surface area contributed by atoms with Crippen LogP contribution in [-0.2, 0) is 6.54 Å². The highest BCUT2D eigenvalue weighted by atomic mass is 35.5. The van der Waals surface area contributed by atoms with Crippen molar-refractivity contribution in [2.45, 2.75) is 6.54 Å². The first-order chi connectivity index (χ1) is 13.2. The zero-order valence-electron chi connectivity index (χ0n) is 14.4. The van der Waals surface area contributed by atoms with Crippen LogP contribution in [0.2, 0.25) is 5.02 Å². The van der Waals surface area contributed by atoms with Crippen LogP contribution < -0.4 is 10.6 Å². The summed E-state index contributed by atoms with van der Waals surface area (Å²) < 4.78 is 1.82. The number of halogens is 1. The van der Waals surface area contributed by atoms with Crippen molar-refractivity contribution in [3.05, 3.63) is 89.6 Å². The van der Waals surface area contributed by atoms with E-state index in [9.17, 15) is 0 Å². The molecule has 6 heteroatoms. The third-order valence-electron chi connectivity index (χ3n) is 4.21. The molecule has 4 nitrogen and oxygen atoms in total. The van der Waals surface area contributed by atoms with Gasteiger partial charge in [-0.25, -0.2) is 0 Å². The van der Waals surface area contributed by atoms with Crippen LogP contribution in [0.15, 0.2) is 79.0 Å². The minimum Gasteiger partial charge on any atom is -0.332 e. The van der Waals surface area contributed by atoms with Gasteiger partial charge in [-0.15, -0.1) is 0 Å². The summed E-state index contributed by atoms with van der Waals surface area (Å²) in [5.74, 6) is 0.680. The second-order valence-corrected chi connectivity index (χ2v) is 6.91. The molecule has 4 rings (SSSR count). The monoisotopic (exact) mass is 392 g/mol. The van der Waals surface area contributed by atoms with E-state index in [1.54, 1.807) is 0 Å². The molecule has 0 aliphatic carbocycles. The highest BCUT2D eigenvalue weighted by Gasteiger charge is 2.06. The lowest BCUT2D eigenvalue weighted by Crippen LogP contribution is -2.19. The average Bonchev–Trinajstić information content (AvgIpc) is 3.11. The van der Waals surface area contributed by atoms with Gasteiger partial charge in [-0.1, -0.05) is 66.2 Å². The van der Waals surface area contributed by atoms with Crippen LogP contribution in [0.3, 0.4) is 0 Å². The maximum absolute atomic E-state index is 6.22. The minimum absolute atomic E-state index is 0.495. The quantitative estimate of drug-likeness (QED) is 0.447. The van der Waals surface area contributed by atoms with Crippen LogP contribution >= 0.6 is 23.8 Å². The van der Waals surface area contributed by atoms with Gasteiger partial charge in [-0.05, 0) is 35.3 Å². The van der Waals surface area contributed by atoms with Crippen molar-refractivity contribution in [1.82, 2.24) is 9.78 Å². The summed E-state index contributed by atoms with van der Waals surface area (Å²) in [5.41, 5.74) is 1.98. The Kier molecular flexibility index (Phi) is 5.05. The number of fused-ring (bicyclic) bond motifs is 1. The van der Waals surface area contributed by atoms with Crippen molar-refractivity contribution in [2.24, 2.45) is 0 Å². The summed E-state index contributed by atoms with van der Waals surface area (Å²) in [6, 6.07) is 23.9. The highest BCUT2D eigenvalue weighted by Crippen LogP contribution is 2.23. The van der Waals surface area contributed by atoms with E-state index in [4.69, 9.17) is 23.8 Å². The average molecular weight is 393 g/mol. The zero-order valence-corrected chi connectivity index (χ0v) is 16.0. The Labute approximate surface area is 167 Å². The molecule has 0 unspecified atom stereocenters. The molecule has 0 amide bonds. The van der Waals surface area contributed by atoms with Gasteiger partial charge < -0.3 is 10.6 Å². The molecule has 3 aromatic carbocycles. The van der Waals surface area contributed by atoms with Gasteiger partial charge in [0.05, 0.1) is 6.54 Å². The predicted molar refractivity (Wildman–Crippen MR) is 117 cm³/mol. The summed E-state index contributed by atoms with van der Waals surface area (Å²) in [6.45, 7) is 0.602. The van der Waals surface area contributed by atoms with Gasteiger partial charge in [0.1, 0.15) is 0 Å². The molecular weight excluding hydrogens is 376 g/mol. The second kappa shape index (κ2) is 7.78. The molecule has 2 N–H and O–H groups in total. The highest BCUT2D eigenvalue weighted by molar-refractivity contribution is 7.80. The van der Waals surface area contributed by atoms with E-state index in [0.717, 1.165) is 27.0 Å². The SMILES string of the molecule is S=C(Nc1ccn(Cc2ccccc2Cl)n1)Nc1cccc2ccccc12. The topological polar surface area (TPSA) is 41.9 Å². The number of anilines is 2. The molecule has 1 aromatic heterocycles. The van der Waals surface area contributed by atoms with E-state index in [2.05, 4.69) is 33.9 Å². The first-order valence-electron chi connectivity index (χ1n) is 8.52. The van der Waals surface area contributed by atoms with Crippen LogP contribution in [0.5, 0.6) is 0 Å². The molecule has 0 aliphatic rings. The molecule has 27 heavy (non-hydrogen) atoms. The third-order valence-corrected chi connectivity index (χ3v) is 4.78. The fourth-order valence-electron chi connectivity index (χ4n) is 2.92. The fraction of sp³-hybridized carbons (Fsp3) is 0.0476. The maximum atomic E-state index is 6.22. The van der Waals surface area contributed by atoms with Gasteiger partial charge >= 0.3 is 0 Å². The van der Waals surface area contributed by atoms with Crippen LogP contribution in [0, 0.1) is 0 Å². The summed E-state index contributed by atoms with van der Waals surface area (Å²) in [4.78, 5) is 0.